The van der Waals surface area contributed by atoms with Crippen molar-refractivity contribution >= 4 is 5.91 Å². The van der Waals surface area contributed by atoms with E-state index >= 15 is 0 Å². The molecule has 22 heavy (non-hydrogen) atoms. The number of benzene rings is 1. The molecule has 1 aromatic carbocycles. The Morgan fingerprint density at radius 1 is 1.23 bits per heavy atom. The third-order valence-electron chi connectivity index (χ3n) is 4.23. The van der Waals surface area contributed by atoms with Gasteiger partial charge in [-0.25, -0.2) is 0 Å². The average Bonchev–Trinajstić information content (AvgIpc) is 2.56. The number of nitrogens with zero attached hydrogens (tertiary/aromatic N) is 1. The highest BCUT2D eigenvalue weighted by Gasteiger charge is 2.26. The molecule has 1 aromatic rings. The van der Waals surface area contributed by atoms with E-state index in [1.54, 1.807) is 0 Å². The summed E-state index contributed by atoms with van der Waals surface area (Å²) in [4.78, 5) is 14.2. The Balaban J connectivity index is 1.89. The topological polar surface area (TPSA) is 38.8 Å². The Morgan fingerprint density at radius 2 is 1.86 bits per heavy atom. The second-order valence-electron chi connectivity index (χ2n) is 5.83. The molecule has 122 valence electrons. The number of amides is 1. The minimum Gasteiger partial charge on any atom is -0.490 e. The molecule has 0 unspecified atom stereocenters. The first-order valence-electron chi connectivity index (χ1n) is 8.33. The van der Waals surface area contributed by atoms with E-state index in [1.165, 1.54) is 0 Å². The van der Waals surface area contributed by atoms with Gasteiger partial charge in [0.2, 0.25) is 5.91 Å². The van der Waals surface area contributed by atoms with Crippen molar-refractivity contribution in [3.8, 4) is 11.5 Å². The van der Waals surface area contributed by atoms with Crippen molar-refractivity contribution in [2.24, 2.45) is 5.92 Å². The highest BCUT2D eigenvalue weighted by molar-refractivity contribution is 5.78. The second kappa shape index (κ2) is 8.06. The predicted molar refractivity (Wildman–Crippen MR) is 87.3 cm³/mol. The van der Waals surface area contributed by atoms with Crippen LogP contribution in [-0.2, 0) is 4.79 Å². The third kappa shape index (κ3) is 4.15. The van der Waals surface area contributed by atoms with Crippen molar-refractivity contribution in [3.63, 3.8) is 0 Å². The van der Waals surface area contributed by atoms with Gasteiger partial charge >= 0.3 is 0 Å². The van der Waals surface area contributed by atoms with Crippen molar-refractivity contribution in [1.82, 2.24) is 4.90 Å². The first-order chi connectivity index (χ1) is 10.7. The normalized spacial score (nSPS) is 17.1. The zero-order valence-electron chi connectivity index (χ0n) is 13.9. The van der Waals surface area contributed by atoms with Crippen LogP contribution in [0.15, 0.2) is 24.3 Å². The van der Waals surface area contributed by atoms with Gasteiger partial charge in [-0.05, 0) is 25.5 Å². The highest BCUT2D eigenvalue weighted by Crippen LogP contribution is 2.29. The molecule has 1 atom stereocenters. The number of para-hydroxylation sites is 2. The third-order valence-corrected chi connectivity index (χ3v) is 4.23. The second-order valence-corrected chi connectivity index (χ2v) is 5.83. The van der Waals surface area contributed by atoms with E-state index in [0.29, 0.717) is 6.61 Å². The van der Waals surface area contributed by atoms with Crippen LogP contribution in [0.25, 0.3) is 0 Å². The van der Waals surface area contributed by atoms with Gasteiger partial charge in [-0.2, -0.15) is 0 Å². The molecule has 1 amide bonds. The van der Waals surface area contributed by atoms with Gasteiger partial charge in [0.1, 0.15) is 6.10 Å². The van der Waals surface area contributed by atoms with Crippen LogP contribution in [0.5, 0.6) is 11.5 Å². The average molecular weight is 305 g/mol. The van der Waals surface area contributed by atoms with E-state index in [2.05, 4.69) is 6.92 Å². The Kier molecular flexibility index (Phi) is 6.10. The van der Waals surface area contributed by atoms with Gasteiger partial charge in [-0.15, -0.1) is 0 Å². The van der Waals surface area contributed by atoms with Crippen LogP contribution in [0.4, 0.5) is 0 Å². The molecule has 0 bridgehead atoms. The number of ether oxygens (including phenoxy) is 2. The summed E-state index contributed by atoms with van der Waals surface area (Å²) >= 11 is 0. The summed E-state index contributed by atoms with van der Waals surface area (Å²) in [6, 6.07) is 7.78. The van der Waals surface area contributed by atoms with Crippen LogP contribution < -0.4 is 9.47 Å². The summed E-state index contributed by atoms with van der Waals surface area (Å²) in [7, 11) is 0. The van der Waals surface area contributed by atoms with E-state index < -0.39 is 0 Å². The first-order valence-corrected chi connectivity index (χ1v) is 8.33. The number of carbonyl (C=O) groups excluding carboxylic acids is 1. The van der Waals surface area contributed by atoms with Gasteiger partial charge in [-0.3, -0.25) is 4.79 Å². The summed E-state index contributed by atoms with van der Waals surface area (Å²) in [5, 5.41) is 0. The molecule has 4 heteroatoms. The van der Waals surface area contributed by atoms with Crippen LogP contribution in [-0.4, -0.2) is 36.6 Å². The molecule has 0 aromatic heterocycles. The molecule has 1 heterocycles. The minimum absolute atomic E-state index is 0.121. The quantitative estimate of drug-likeness (QED) is 0.807. The van der Waals surface area contributed by atoms with Crippen molar-refractivity contribution in [2.75, 3.05) is 19.7 Å². The molecule has 0 aliphatic carbocycles. The van der Waals surface area contributed by atoms with Crippen LogP contribution >= 0.6 is 0 Å². The van der Waals surface area contributed by atoms with Gasteiger partial charge in [0, 0.05) is 31.8 Å². The number of likely N-dealkylation sites (tertiary alicyclic amines) is 1. The van der Waals surface area contributed by atoms with Crippen molar-refractivity contribution in [3.05, 3.63) is 24.3 Å². The molecule has 4 nitrogen and oxygen atoms in total. The smallest absolute Gasteiger partial charge is 0.225 e. The van der Waals surface area contributed by atoms with E-state index in [9.17, 15) is 4.79 Å². The Bertz CT molecular complexity index is 481. The molecule has 2 rings (SSSR count). The van der Waals surface area contributed by atoms with E-state index in [1.807, 2.05) is 43.0 Å². The molecule has 1 aliphatic heterocycles. The Morgan fingerprint density at radius 3 is 2.45 bits per heavy atom. The van der Waals surface area contributed by atoms with Crippen molar-refractivity contribution in [1.29, 1.82) is 0 Å². The van der Waals surface area contributed by atoms with E-state index in [0.717, 1.165) is 43.9 Å². The fraction of sp³-hybridized carbons (Fsp3) is 0.611. The first kappa shape index (κ1) is 16.7. The fourth-order valence-corrected chi connectivity index (χ4v) is 2.68. The molecule has 0 saturated carbocycles. The summed E-state index contributed by atoms with van der Waals surface area (Å²) in [6.07, 6.45) is 2.81. The maximum absolute atomic E-state index is 12.2. The zero-order chi connectivity index (χ0) is 15.9. The van der Waals surface area contributed by atoms with Crippen LogP contribution in [0.2, 0.25) is 0 Å². The zero-order valence-corrected chi connectivity index (χ0v) is 13.9. The lowest BCUT2D eigenvalue weighted by molar-refractivity contribution is -0.136. The number of carbonyl (C=O) groups is 1. The molecule has 0 N–H and O–H groups in total. The monoisotopic (exact) mass is 305 g/mol. The van der Waals surface area contributed by atoms with Crippen LogP contribution in [0, 0.1) is 5.92 Å². The van der Waals surface area contributed by atoms with Gasteiger partial charge in [0.25, 0.3) is 0 Å². The SMILES string of the molecule is CCOc1ccccc1OC1CCN(C(=O)[C@H](C)CC)CC1. The fourth-order valence-electron chi connectivity index (χ4n) is 2.68. The van der Waals surface area contributed by atoms with Gasteiger partial charge in [0.15, 0.2) is 11.5 Å². The minimum atomic E-state index is 0.121. The largest absolute Gasteiger partial charge is 0.490 e. The molecular weight excluding hydrogens is 278 g/mol. The lowest BCUT2D eigenvalue weighted by Gasteiger charge is -2.33. The molecule has 1 saturated heterocycles. The standard InChI is InChI=1S/C18H27NO3/c1-4-14(3)18(20)19-12-10-15(11-13-19)22-17-9-7-6-8-16(17)21-5-2/h6-9,14-15H,4-5,10-13H2,1-3H3/t14-/m1/s1. The lowest BCUT2D eigenvalue weighted by Crippen LogP contribution is -2.43. The maximum atomic E-state index is 12.2. The summed E-state index contributed by atoms with van der Waals surface area (Å²) in [5.74, 6) is 1.99. The van der Waals surface area contributed by atoms with Gasteiger partial charge < -0.3 is 14.4 Å². The highest BCUT2D eigenvalue weighted by atomic mass is 16.5. The molecular formula is C18H27NO3. The Labute approximate surface area is 133 Å². The summed E-state index contributed by atoms with van der Waals surface area (Å²) < 4.78 is 11.7. The number of hydrogen-bond acceptors (Lipinski definition) is 3. The molecule has 0 radical (unpaired) electrons. The number of rotatable bonds is 6. The predicted octanol–water partition coefficient (Wildman–Crippen LogP) is 3.50. The molecule has 0 spiro atoms. The number of piperidine rings is 1. The molecule has 1 aliphatic rings. The van der Waals surface area contributed by atoms with Crippen LogP contribution in [0.3, 0.4) is 0 Å². The molecule has 1 fully saturated rings. The van der Waals surface area contributed by atoms with Crippen molar-refractivity contribution < 1.29 is 14.3 Å². The van der Waals surface area contributed by atoms with Crippen molar-refractivity contribution in [2.45, 2.75) is 46.1 Å². The Hall–Kier alpha value is -1.71. The van der Waals surface area contributed by atoms with Gasteiger partial charge in [0.05, 0.1) is 6.61 Å². The summed E-state index contributed by atoms with van der Waals surface area (Å²) in [5.41, 5.74) is 0. The van der Waals surface area contributed by atoms with E-state index in [-0.39, 0.29) is 17.9 Å². The lowest BCUT2D eigenvalue weighted by atomic mass is 10.0. The van der Waals surface area contributed by atoms with E-state index in [4.69, 9.17) is 9.47 Å². The number of hydrogen-bond donors (Lipinski definition) is 0. The van der Waals surface area contributed by atoms with Crippen LogP contribution in [0.1, 0.15) is 40.0 Å². The summed E-state index contributed by atoms with van der Waals surface area (Å²) in [6.45, 7) is 8.22. The maximum Gasteiger partial charge on any atom is 0.225 e. The van der Waals surface area contributed by atoms with Gasteiger partial charge in [-0.1, -0.05) is 26.0 Å².